The molecule has 1 heterocycles. The number of nitrogens with zero attached hydrogens (tertiary/aromatic N) is 2. The highest BCUT2D eigenvalue weighted by atomic mass is 35.5. The van der Waals surface area contributed by atoms with E-state index in [1.807, 2.05) is 44.2 Å². The molecule has 0 bridgehead atoms. The van der Waals surface area contributed by atoms with Crippen LogP contribution in [0.15, 0.2) is 58.5 Å². The van der Waals surface area contributed by atoms with Crippen molar-refractivity contribution >= 4 is 40.2 Å². The van der Waals surface area contributed by atoms with Gasteiger partial charge in [-0.15, -0.1) is 0 Å². The maximum Gasteiger partial charge on any atom is 0.262 e. The fraction of sp³-hybridized carbons (Fsp3) is 0.286. The van der Waals surface area contributed by atoms with E-state index >= 15 is 0 Å². The van der Waals surface area contributed by atoms with Crippen LogP contribution in [0.5, 0.6) is 0 Å². The summed E-state index contributed by atoms with van der Waals surface area (Å²) in [5.74, 6) is 0.0739. The summed E-state index contributed by atoms with van der Waals surface area (Å²) in [5.41, 5.74) is 1.57. The smallest absolute Gasteiger partial charge is 0.262 e. The maximum absolute atomic E-state index is 12.8. The lowest BCUT2D eigenvalue weighted by Crippen LogP contribution is -2.29. The number of fused-ring (bicyclic) bond motifs is 1. The summed E-state index contributed by atoms with van der Waals surface area (Å²) in [6, 6.07) is 14.6. The van der Waals surface area contributed by atoms with E-state index in [0.29, 0.717) is 27.6 Å². The Kier molecular flexibility index (Phi) is 6.75. The Morgan fingerprint density at radius 3 is 2.64 bits per heavy atom. The van der Waals surface area contributed by atoms with Crippen molar-refractivity contribution in [3.63, 3.8) is 0 Å². The highest BCUT2D eigenvalue weighted by molar-refractivity contribution is 7.99. The Morgan fingerprint density at radius 1 is 1.21 bits per heavy atom. The molecule has 3 aromatic rings. The largest absolute Gasteiger partial charge is 0.349 e. The first-order valence-electron chi connectivity index (χ1n) is 9.16. The van der Waals surface area contributed by atoms with Crippen LogP contribution in [-0.2, 0) is 11.3 Å². The number of hydrogen-bond acceptors (Lipinski definition) is 4. The quantitative estimate of drug-likeness (QED) is 0.458. The highest BCUT2D eigenvalue weighted by Crippen LogP contribution is 2.19. The molecular formula is C21H22ClN3O2S. The Labute approximate surface area is 173 Å². The van der Waals surface area contributed by atoms with Gasteiger partial charge in [0.05, 0.1) is 22.7 Å². The van der Waals surface area contributed by atoms with Gasteiger partial charge >= 0.3 is 0 Å². The third-order valence-corrected chi connectivity index (χ3v) is 5.58. The van der Waals surface area contributed by atoms with E-state index in [9.17, 15) is 9.59 Å². The summed E-state index contributed by atoms with van der Waals surface area (Å²) in [5, 5.41) is 4.80. The fourth-order valence-corrected chi connectivity index (χ4v) is 3.89. The van der Waals surface area contributed by atoms with Gasteiger partial charge in [-0.1, -0.05) is 54.6 Å². The molecule has 1 N–H and O–H groups in total. The van der Waals surface area contributed by atoms with Crippen molar-refractivity contribution in [2.24, 2.45) is 0 Å². The monoisotopic (exact) mass is 415 g/mol. The highest BCUT2D eigenvalue weighted by Gasteiger charge is 2.14. The van der Waals surface area contributed by atoms with Crippen LogP contribution in [0.4, 0.5) is 0 Å². The first kappa shape index (κ1) is 20.4. The molecule has 0 saturated carbocycles. The van der Waals surface area contributed by atoms with E-state index in [4.69, 9.17) is 11.6 Å². The fourth-order valence-electron chi connectivity index (χ4n) is 2.93. The molecule has 28 heavy (non-hydrogen) atoms. The van der Waals surface area contributed by atoms with Crippen molar-refractivity contribution in [3.8, 4) is 0 Å². The van der Waals surface area contributed by atoms with Gasteiger partial charge < -0.3 is 5.32 Å². The van der Waals surface area contributed by atoms with Gasteiger partial charge in [0, 0.05) is 11.6 Å². The zero-order valence-corrected chi connectivity index (χ0v) is 17.4. The second-order valence-corrected chi connectivity index (χ2v) is 7.88. The SMILES string of the molecule is CCCn1c(SCC(=O)NC(C)c2ccc(Cl)cc2)nc2ccccc2c1=O. The number of carbonyl (C=O) groups is 1. The van der Waals surface area contributed by atoms with Crippen LogP contribution in [0, 0.1) is 0 Å². The van der Waals surface area contributed by atoms with Crippen molar-refractivity contribution in [3.05, 3.63) is 69.5 Å². The van der Waals surface area contributed by atoms with Crippen molar-refractivity contribution in [2.45, 2.75) is 38.0 Å². The second kappa shape index (κ2) is 9.26. The average Bonchev–Trinajstić information content (AvgIpc) is 2.69. The van der Waals surface area contributed by atoms with Crippen LogP contribution in [0.3, 0.4) is 0 Å². The third-order valence-electron chi connectivity index (χ3n) is 4.35. The Morgan fingerprint density at radius 2 is 1.93 bits per heavy atom. The summed E-state index contributed by atoms with van der Waals surface area (Å²) in [6.45, 7) is 4.51. The molecule has 0 fully saturated rings. The molecule has 0 spiro atoms. The first-order chi connectivity index (χ1) is 13.5. The number of nitrogens with one attached hydrogen (secondary N) is 1. The zero-order chi connectivity index (χ0) is 20.1. The molecule has 7 heteroatoms. The normalized spacial score (nSPS) is 12.1. The number of amides is 1. The lowest BCUT2D eigenvalue weighted by atomic mass is 10.1. The molecule has 0 radical (unpaired) electrons. The molecule has 1 aromatic heterocycles. The molecule has 3 rings (SSSR count). The molecule has 5 nitrogen and oxygen atoms in total. The summed E-state index contributed by atoms with van der Waals surface area (Å²) in [6.07, 6.45) is 0.813. The van der Waals surface area contributed by atoms with Gasteiger partial charge in [-0.3, -0.25) is 14.2 Å². The molecule has 1 amide bonds. The van der Waals surface area contributed by atoms with Crippen LogP contribution in [0.25, 0.3) is 10.9 Å². The number of benzene rings is 2. The third kappa shape index (κ3) is 4.75. The summed E-state index contributed by atoms with van der Waals surface area (Å²) >= 11 is 7.19. The van der Waals surface area contributed by atoms with Crippen LogP contribution >= 0.6 is 23.4 Å². The van der Waals surface area contributed by atoms with Crippen molar-refractivity contribution in [1.82, 2.24) is 14.9 Å². The van der Waals surface area contributed by atoms with E-state index in [0.717, 1.165) is 12.0 Å². The minimum absolute atomic E-state index is 0.0649. The molecule has 0 aliphatic rings. The molecule has 2 aromatic carbocycles. The number of thioether (sulfide) groups is 1. The minimum Gasteiger partial charge on any atom is -0.349 e. The molecule has 0 aliphatic heterocycles. The van der Waals surface area contributed by atoms with Gasteiger partial charge in [0.2, 0.25) is 5.91 Å². The Hall–Kier alpha value is -2.31. The maximum atomic E-state index is 12.8. The van der Waals surface area contributed by atoms with E-state index in [1.54, 1.807) is 22.8 Å². The zero-order valence-electron chi connectivity index (χ0n) is 15.8. The molecule has 0 saturated heterocycles. The Bertz CT molecular complexity index is 1030. The van der Waals surface area contributed by atoms with Crippen molar-refractivity contribution in [1.29, 1.82) is 0 Å². The van der Waals surface area contributed by atoms with E-state index in [2.05, 4.69) is 10.3 Å². The minimum atomic E-state index is -0.132. The number of para-hydroxylation sites is 1. The number of hydrogen-bond donors (Lipinski definition) is 1. The van der Waals surface area contributed by atoms with Gasteiger partial charge in [0.25, 0.3) is 5.56 Å². The van der Waals surface area contributed by atoms with Gasteiger partial charge in [0.1, 0.15) is 0 Å². The van der Waals surface area contributed by atoms with Crippen molar-refractivity contribution in [2.75, 3.05) is 5.75 Å². The standard InChI is InChI=1S/C21H22ClN3O2S/c1-3-12-25-20(27)17-6-4-5-7-18(17)24-21(25)28-13-19(26)23-14(2)15-8-10-16(22)11-9-15/h4-11,14H,3,12-13H2,1-2H3,(H,23,26). The van der Waals surface area contributed by atoms with Gasteiger partial charge in [-0.05, 0) is 43.2 Å². The molecule has 1 atom stereocenters. The van der Waals surface area contributed by atoms with E-state index in [1.165, 1.54) is 11.8 Å². The number of rotatable bonds is 7. The van der Waals surface area contributed by atoms with Crippen LogP contribution in [0.2, 0.25) is 5.02 Å². The lowest BCUT2D eigenvalue weighted by Gasteiger charge is -2.15. The number of aromatic nitrogens is 2. The van der Waals surface area contributed by atoms with Crippen LogP contribution in [0.1, 0.15) is 31.9 Å². The predicted octanol–water partition coefficient (Wildman–Crippen LogP) is 4.43. The second-order valence-electron chi connectivity index (χ2n) is 6.50. The predicted molar refractivity (Wildman–Crippen MR) is 115 cm³/mol. The van der Waals surface area contributed by atoms with Crippen LogP contribution in [-0.4, -0.2) is 21.2 Å². The van der Waals surface area contributed by atoms with E-state index < -0.39 is 0 Å². The molecular weight excluding hydrogens is 394 g/mol. The summed E-state index contributed by atoms with van der Waals surface area (Å²) < 4.78 is 1.66. The van der Waals surface area contributed by atoms with E-state index in [-0.39, 0.29) is 23.3 Å². The number of carbonyl (C=O) groups excluding carboxylic acids is 1. The van der Waals surface area contributed by atoms with Gasteiger partial charge in [0.15, 0.2) is 5.16 Å². The number of halogens is 1. The first-order valence-corrected chi connectivity index (χ1v) is 10.5. The molecule has 146 valence electrons. The Balaban J connectivity index is 1.73. The molecule has 0 aliphatic carbocycles. The van der Waals surface area contributed by atoms with Crippen molar-refractivity contribution < 1.29 is 4.79 Å². The van der Waals surface area contributed by atoms with Gasteiger partial charge in [-0.2, -0.15) is 0 Å². The molecule has 1 unspecified atom stereocenters. The lowest BCUT2D eigenvalue weighted by molar-refractivity contribution is -0.119. The summed E-state index contributed by atoms with van der Waals surface area (Å²) in [7, 11) is 0. The van der Waals surface area contributed by atoms with Gasteiger partial charge in [-0.25, -0.2) is 4.98 Å². The topological polar surface area (TPSA) is 64.0 Å². The average molecular weight is 416 g/mol. The summed E-state index contributed by atoms with van der Waals surface area (Å²) in [4.78, 5) is 29.8. The van der Waals surface area contributed by atoms with Crippen LogP contribution < -0.4 is 10.9 Å².